The van der Waals surface area contributed by atoms with E-state index in [1.54, 1.807) is 30.6 Å². The van der Waals surface area contributed by atoms with Crippen LogP contribution in [0, 0.1) is 6.92 Å². The maximum Gasteiger partial charge on any atom is 0.228 e. The molecule has 1 amide bonds. The number of rotatable bonds is 5. The third-order valence-corrected chi connectivity index (χ3v) is 5.53. The van der Waals surface area contributed by atoms with Gasteiger partial charge in [0, 0.05) is 30.1 Å². The third-order valence-electron chi connectivity index (χ3n) is 5.53. The Bertz CT molecular complexity index is 1270. The fourth-order valence-electron chi connectivity index (χ4n) is 3.88. The summed E-state index contributed by atoms with van der Waals surface area (Å²) in [5.74, 6) is 1.51. The summed E-state index contributed by atoms with van der Waals surface area (Å²) in [5, 5.41) is 5.65. The van der Waals surface area contributed by atoms with E-state index < -0.39 is 0 Å². The van der Waals surface area contributed by atoms with E-state index in [4.69, 9.17) is 4.74 Å². The van der Waals surface area contributed by atoms with Gasteiger partial charge in [0.05, 0.1) is 37.4 Å². The number of amides is 1. The first kappa shape index (κ1) is 19.2. The highest BCUT2D eigenvalue weighted by Crippen LogP contribution is 2.26. The van der Waals surface area contributed by atoms with Crippen molar-refractivity contribution in [1.82, 2.24) is 24.7 Å². The molecule has 1 saturated heterocycles. The molecule has 8 heteroatoms. The van der Waals surface area contributed by atoms with Gasteiger partial charge in [-0.25, -0.2) is 14.6 Å². The van der Waals surface area contributed by atoms with Crippen molar-refractivity contribution < 1.29 is 9.53 Å². The average Bonchev–Trinajstić information content (AvgIpc) is 3.37. The lowest BCUT2D eigenvalue weighted by atomic mass is 10.1. The highest BCUT2D eigenvalue weighted by atomic mass is 16.5. The smallest absolute Gasteiger partial charge is 0.228 e. The number of hydrogen-bond donors (Lipinski definition) is 0. The zero-order chi connectivity index (χ0) is 21.4. The second kappa shape index (κ2) is 7.79. The molecular weight excluding hydrogens is 392 g/mol. The van der Waals surface area contributed by atoms with E-state index in [1.165, 1.54) is 0 Å². The molecule has 0 saturated carbocycles. The summed E-state index contributed by atoms with van der Waals surface area (Å²) in [6.45, 7) is 3.28. The van der Waals surface area contributed by atoms with Gasteiger partial charge < -0.3 is 4.74 Å². The SMILES string of the molecule is COc1ccc(Cn2nc(C)c3cc(-c4cncc(N5CCCC5=O)n4)cnc32)cc1. The molecular formula is C23H22N6O2. The van der Waals surface area contributed by atoms with Crippen molar-refractivity contribution in [1.29, 1.82) is 0 Å². The lowest BCUT2D eigenvalue weighted by Crippen LogP contribution is -2.24. The molecule has 5 rings (SSSR count). The maximum absolute atomic E-state index is 12.1. The van der Waals surface area contributed by atoms with Crippen molar-refractivity contribution >= 4 is 22.8 Å². The van der Waals surface area contributed by atoms with Gasteiger partial charge in [-0.1, -0.05) is 12.1 Å². The standard InChI is InChI=1S/C23H22N6O2/c1-15-19-10-17(20-12-24-13-21(26-20)28-9-3-4-22(28)30)11-25-23(19)29(27-15)14-16-5-7-18(31-2)8-6-16/h5-8,10-13H,3-4,9,14H2,1-2H3. The Morgan fingerprint density at radius 1 is 1.13 bits per heavy atom. The molecule has 0 spiro atoms. The van der Waals surface area contributed by atoms with Crippen molar-refractivity contribution in [2.24, 2.45) is 0 Å². The Kier molecular flexibility index (Phi) is 4.82. The van der Waals surface area contributed by atoms with Gasteiger partial charge in [-0.3, -0.25) is 14.7 Å². The molecule has 4 heterocycles. The molecule has 3 aromatic heterocycles. The largest absolute Gasteiger partial charge is 0.497 e. The number of carbonyl (C=O) groups is 1. The van der Waals surface area contributed by atoms with E-state index in [0.29, 0.717) is 31.0 Å². The summed E-state index contributed by atoms with van der Waals surface area (Å²) in [4.78, 5) is 27.4. The molecule has 8 nitrogen and oxygen atoms in total. The van der Waals surface area contributed by atoms with Gasteiger partial charge in [-0.15, -0.1) is 0 Å². The maximum atomic E-state index is 12.1. The number of pyridine rings is 1. The molecule has 4 aromatic rings. The van der Waals surface area contributed by atoms with Crippen LogP contribution in [0.4, 0.5) is 5.82 Å². The van der Waals surface area contributed by atoms with Gasteiger partial charge in [0.2, 0.25) is 5.91 Å². The summed E-state index contributed by atoms with van der Waals surface area (Å²) < 4.78 is 7.13. The number of carbonyl (C=O) groups excluding carboxylic acids is 1. The van der Waals surface area contributed by atoms with Crippen LogP contribution in [0.25, 0.3) is 22.3 Å². The summed E-state index contributed by atoms with van der Waals surface area (Å²) in [7, 11) is 1.66. The van der Waals surface area contributed by atoms with Crippen molar-refractivity contribution in [3.05, 3.63) is 60.2 Å². The molecule has 0 atom stereocenters. The topological polar surface area (TPSA) is 86.0 Å². The molecule has 0 unspecified atom stereocenters. The fourth-order valence-corrected chi connectivity index (χ4v) is 3.88. The summed E-state index contributed by atoms with van der Waals surface area (Å²) in [6, 6.07) is 9.97. The fraction of sp³-hybridized carbons (Fsp3) is 0.261. The van der Waals surface area contributed by atoms with Crippen LogP contribution in [0.1, 0.15) is 24.1 Å². The first-order chi connectivity index (χ1) is 15.1. The Hall–Kier alpha value is -3.81. The number of anilines is 1. The Morgan fingerprint density at radius 3 is 2.71 bits per heavy atom. The van der Waals surface area contributed by atoms with E-state index in [-0.39, 0.29) is 5.91 Å². The number of benzene rings is 1. The minimum atomic E-state index is 0.0932. The minimum absolute atomic E-state index is 0.0932. The molecule has 0 bridgehead atoms. The molecule has 1 aliphatic heterocycles. The van der Waals surface area contributed by atoms with Crippen molar-refractivity contribution in [2.45, 2.75) is 26.3 Å². The predicted molar refractivity (Wildman–Crippen MR) is 117 cm³/mol. The molecule has 0 radical (unpaired) electrons. The lowest BCUT2D eigenvalue weighted by Gasteiger charge is -2.14. The Morgan fingerprint density at radius 2 is 1.97 bits per heavy atom. The first-order valence-electron chi connectivity index (χ1n) is 10.2. The van der Waals surface area contributed by atoms with Crippen molar-refractivity contribution in [2.75, 3.05) is 18.6 Å². The number of aryl methyl sites for hydroxylation is 1. The van der Waals surface area contributed by atoms with Gasteiger partial charge in [0.15, 0.2) is 11.5 Å². The van der Waals surface area contributed by atoms with Crippen LogP contribution in [0.2, 0.25) is 0 Å². The molecule has 156 valence electrons. The van der Waals surface area contributed by atoms with Crippen LogP contribution in [0.15, 0.2) is 48.9 Å². The van der Waals surface area contributed by atoms with Crippen molar-refractivity contribution in [3.8, 4) is 17.0 Å². The van der Waals surface area contributed by atoms with Crippen LogP contribution in [0.5, 0.6) is 5.75 Å². The van der Waals surface area contributed by atoms with Gasteiger partial charge in [0.1, 0.15) is 5.75 Å². The van der Waals surface area contributed by atoms with Gasteiger partial charge in [-0.2, -0.15) is 5.10 Å². The summed E-state index contributed by atoms with van der Waals surface area (Å²) in [5.41, 5.74) is 4.37. The zero-order valence-corrected chi connectivity index (χ0v) is 17.4. The van der Waals surface area contributed by atoms with Crippen LogP contribution < -0.4 is 9.64 Å². The number of nitrogens with zero attached hydrogens (tertiary/aromatic N) is 6. The number of ether oxygens (including phenoxy) is 1. The highest BCUT2D eigenvalue weighted by Gasteiger charge is 2.23. The van der Waals surface area contributed by atoms with E-state index in [9.17, 15) is 4.79 Å². The van der Waals surface area contributed by atoms with Crippen LogP contribution >= 0.6 is 0 Å². The summed E-state index contributed by atoms with van der Waals surface area (Å²) in [6.07, 6.45) is 6.53. The monoisotopic (exact) mass is 414 g/mol. The number of fused-ring (bicyclic) bond motifs is 1. The van der Waals surface area contributed by atoms with Crippen LogP contribution in [0.3, 0.4) is 0 Å². The normalized spacial score (nSPS) is 13.9. The highest BCUT2D eigenvalue weighted by molar-refractivity contribution is 5.94. The third kappa shape index (κ3) is 3.61. The number of methoxy groups -OCH3 is 1. The molecule has 31 heavy (non-hydrogen) atoms. The quantitative estimate of drug-likeness (QED) is 0.498. The van der Waals surface area contributed by atoms with E-state index in [0.717, 1.165) is 40.0 Å². The average molecular weight is 414 g/mol. The minimum Gasteiger partial charge on any atom is -0.497 e. The number of aromatic nitrogens is 5. The van der Waals surface area contributed by atoms with E-state index in [1.807, 2.05) is 41.9 Å². The molecule has 0 aliphatic carbocycles. The predicted octanol–water partition coefficient (Wildman–Crippen LogP) is 3.38. The van der Waals surface area contributed by atoms with Gasteiger partial charge >= 0.3 is 0 Å². The lowest BCUT2D eigenvalue weighted by molar-refractivity contribution is -0.117. The van der Waals surface area contributed by atoms with E-state index in [2.05, 4.69) is 20.1 Å². The molecule has 0 N–H and O–H groups in total. The zero-order valence-electron chi connectivity index (χ0n) is 17.4. The molecule has 1 aromatic carbocycles. The van der Waals surface area contributed by atoms with Crippen molar-refractivity contribution in [3.63, 3.8) is 0 Å². The first-order valence-corrected chi connectivity index (χ1v) is 10.2. The second-order valence-corrected chi connectivity index (χ2v) is 7.60. The molecule has 1 fully saturated rings. The van der Waals surface area contributed by atoms with Gasteiger partial charge in [-0.05, 0) is 37.1 Å². The van der Waals surface area contributed by atoms with E-state index >= 15 is 0 Å². The summed E-state index contributed by atoms with van der Waals surface area (Å²) >= 11 is 0. The van der Waals surface area contributed by atoms with Gasteiger partial charge in [0.25, 0.3) is 0 Å². The van der Waals surface area contributed by atoms with Crippen LogP contribution in [-0.4, -0.2) is 44.3 Å². The van der Waals surface area contributed by atoms with Crippen LogP contribution in [-0.2, 0) is 11.3 Å². The second-order valence-electron chi connectivity index (χ2n) is 7.60. The Balaban J connectivity index is 1.47. The molecule has 1 aliphatic rings. The number of hydrogen-bond acceptors (Lipinski definition) is 6. The Labute approximate surface area is 179 Å².